The number of alkyl halides is 3. The molecule has 36 heavy (non-hydrogen) atoms. The minimum atomic E-state index is -4.57. The second-order valence-electron chi connectivity index (χ2n) is 9.89. The van der Waals surface area contributed by atoms with Gasteiger partial charge in [-0.2, -0.15) is 13.2 Å². The number of rotatable bonds is 6. The van der Waals surface area contributed by atoms with Crippen LogP contribution in [0.15, 0.2) is 24.5 Å². The van der Waals surface area contributed by atoms with Crippen LogP contribution in [0, 0.1) is 0 Å². The van der Waals surface area contributed by atoms with E-state index in [4.69, 9.17) is 0 Å². The summed E-state index contributed by atoms with van der Waals surface area (Å²) < 4.78 is 40.5. The number of aromatic nitrogens is 2. The van der Waals surface area contributed by atoms with Crippen molar-refractivity contribution in [1.29, 1.82) is 0 Å². The molecule has 1 saturated carbocycles. The normalized spacial score (nSPS) is 25.0. The molecule has 2 amide bonds. The molecule has 12 heteroatoms. The number of halogens is 3. The van der Waals surface area contributed by atoms with Crippen molar-refractivity contribution in [3.63, 3.8) is 0 Å². The summed E-state index contributed by atoms with van der Waals surface area (Å²) in [5.41, 5.74) is -0.750. The molecule has 1 aliphatic heterocycles. The largest absolute Gasteiger partial charge is 0.416 e. The van der Waals surface area contributed by atoms with Crippen molar-refractivity contribution in [1.82, 2.24) is 20.5 Å². The first-order valence-electron chi connectivity index (χ1n) is 12.1. The van der Waals surface area contributed by atoms with E-state index in [9.17, 15) is 28.0 Å². The quantitative estimate of drug-likeness (QED) is 0.351. The molecule has 4 atom stereocenters. The average Bonchev–Trinajstić information content (AvgIpc) is 3.14. The number of nitrogens with zero attached hydrogens (tertiary/aromatic N) is 3. The van der Waals surface area contributed by atoms with E-state index in [0.29, 0.717) is 30.2 Å². The van der Waals surface area contributed by atoms with Gasteiger partial charge in [0.2, 0.25) is 11.8 Å². The molecule has 2 heterocycles. The lowest BCUT2D eigenvalue weighted by atomic mass is 9.85. The van der Waals surface area contributed by atoms with Crippen molar-refractivity contribution in [3.8, 4) is 0 Å². The van der Waals surface area contributed by atoms with Gasteiger partial charge in [-0.15, -0.1) is 0 Å². The first-order chi connectivity index (χ1) is 16.9. The molecule has 196 valence electrons. The van der Waals surface area contributed by atoms with E-state index in [2.05, 4.69) is 34.8 Å². The number of carbonyl (C=O) groups is 2. The number of benzene rings is 1. The SMILES string of the molecule is CC(=O)N[C@@H]1C[C@H](NC(C)C)CC[C@@H]1N1CC[C@H](Nc2nc[n+](O)c3ccc(C(F)(F)F)cc23)C1=O. The Morgan fingerprint density at radius 1 is 1.25 bits per heavy atom. The lowest BCUT2D eigenvalue weighted by Gasteiger charge is -2.42. The molecule has 0 unspecified atom stereocenters. The van der Waals surface area contributed by atoms with Gasteiger partial charge in [-0.1, -0.05) is 13.8 Å². The van der Waals surface area contributed by atoms with Crippen molar-refractivity contribution in [2.24, 2.45) is 0 Å². The van der Waals surface area contributed by atoms with E-state index >= 15 is 0 Å². The lowest BCUT2D eigenvalue weighted by molar-refractivity contribution is -0.886. The van der Waals surface area contributed by atoms with Crippen LogP contribution < -0.4 is 20.7 Å². The van der Waals surface area contributed by atoms with Gasteiger partial charge in [0.15, 0.2) is 5.52 Å². The van der Waals surface area contributed by atoms with Crippen LogP contribution in [0.3, 0.4) is 0 Å². The van der Waals surface area contributed by atoms with Crippen molar-refractivity contribution >= 4 is 28.5 Å². The summed E-state index contributed by atoms with van der Waals surface area (Å²) in [6, 6.07) is 2.43. The van der Waals surface area contributed by atoms with Gasteiger partial charge in [-0.25, -0.2) is 0 Å². The van der Waals surface area contributed by atoms with Crippen molar-refractivity contribution < 1.29 is 32.7 Å². The van der Waals surface area contributed by atoms with Gasteiger partial charge < -0.3 is 26.1 Å². The molecule has 1 aromatic heterocycles. The summed E-state index contributed by atoms with van der Waals surface area (Å²) in [4.78, 5) is 31.1. The highest BCUT2D eigenvalue weighted by atomic mass is 19.4. The Bertz CT molecular complexity index is 1140. The molecule has 2 aromatic rings. The Kier molecular flexibility index (Phi) is 7.26. The first-order valence-corrected chi connectivity index (χ1v) is 12.1. The van der Waals surface area contributed by atoms with Crippen LogP contribution in [-0.2, 0) is 15.8 Å². The summed E-state index contributed by atoms with van der Waals surface area (Å²) in [5, 5.41) is 19.6. The maximum Gasteiger partial charge on any atom is 0.416 e. The Morgan fingerprint density at radius 3 is 2.67 bits per heavy atom. The number of nitrogens with one attached hydrogen (secondary N) is 3. The smallest absolute Gasteiger partial charge is 0.351 e. The van der Waals surface area contributed by atoms with Crippen LogP contribution in [0.25, 0.3) is 10.9 Å². The van der Waals surface area contributed by atoms with Crippen molar-refractivity contribution in [2.75, 3.05) is 11.9 Å². The van der Waals surface area contributed by atoms with E-state index in [1.165, 1.54) is 6.92 Å². The Labute approximate surface area is 207 Å². The van der Waals surface area contributed by atoms with E-state index in [1.807, 2.05) is 0 Å². The predicted molar refractivity (Wildman–Crippen MR) is 125 cm³/mol. The van der Waals surface area contributed by atoms with Gasteiger partial charge in [0.05, 0.1) is 23.0 Å². The number of carbonyl (C=O) groups excluding carboxylic acids is 2. The monoisotopic (exact) mass is 509 g/mol. The zero-order valence-electron chi connectivity index (χ0n) is 20.5. The van der Waals surface area contributed by atoms with Crippen LogP contribution in [0.1, 0.15) is 52.0 Å². The molecule has 1 saturated heterocycles. The number of amides is 2. The third kappa shape index (κ3) is 5.48. The summed E-state index contributed by atoms with van der Waals surface area (Å²) in [6.07, 6.45) is -0.769. The first kappa shape index (κ1) is 25.9. The predicted octanol–water partition coefficient (Wildman–Crippen LogP) is 2.21. The van der Waals surface area contributed by atoms with Gasteiger partial charge in [0.1, 0.15) is 6.04 Å². The van der Waals surface area contributed by atoms with Gasteiger partial charge in [0.25, 0.3) is 5.82 Å². The Morgan fingerprint density at radius 2 is 2.00 bits per heavy atom. The second kappa shape index (κ2) is 10.1. The molecule has 1 aromatic carbocycles. The summed E-state index contributed by atoms with van der Waals surface area (Å²) in [7, 11) is 0. The molecular formula is C24H32F3N6O3+. The highest BCUT2D eigenvalue weighted by molar-refractivity contribution is 5.92. The van der Waals surface area contributed by atoms with Crippen LogP contribution in [0.4, 0.5) is 19.0 Å². The van der Waals surface area contributed by atoms with E-state index in [0.717, 1.165) is 37.4 Å². The molecule has 0 radical (unpaired) electrons. The number of anilines is 1. The molecular weight excluding hydrogens is 477 g/mol. The topological polar surface area (TPSA) is 110 Å². The average molecular weight is 510 g/mol. The molecule has 9 nitrogen and oxygen atoms in total. The highest BCUT2D eigenvalue weighted by Gasteiger charge is 2.43. The molecule has 0 bridgehead atoms. The van der Waals surface area contributed by atoms with Gasteiger partial charge in [-0.3, -0.25) is 9.59 Å². The van der Waals surface area contributed by atoms with Crippen LogP contribution in [-0.4, -0.2) is 63.7 Å². The molecule has 1 aliphatic carbocycles. The van der Waals surface area contributed by atoms with Crippen LogP contribution in [0.5, 0.6) is 0 Å². The molecule has 4 rings (SSSR count). The number of fused-ring (bicyclic) bond motifs is 1. The fourth-order valence-corrected chi connectivity index (χ4v) is 5.36. The maximum atomic E-state index is 13.4. The fraction of sp³-hybridized carbons (Fsp3) is 0.583. The maximum absolute atomic E-state index is 13.4. The van der Waals surface area contributed by atoms with Crippen molar-refractivity contribution in [2.45, 2.75) is 82.8 Å². The third-order valence-corrected chi connectivity index (χ3v) is 6.84. The summed E-state index contributed by atoms with van der Waals surface area (Å²) in [6.45, 7) is 6.05. The van der Waals surface area contributed by atoms with Gasteiger partial charge in [0, 0.05) is 25.6 Å². The summed E-state index contributed by atoms with van der Waals surface area (Å²) in [5.74, 6) is -0.257. The number of hydrogen-bond donors (Lipinski definition) is 4. The van der Waals surface area contributed by atoms with E-state index in [1.54, 1.807) is 4.90 Å². The van der Waals surface area contributed by atoms with Crippen LogP contribution >= 0.6 is 0 Å². The van der Waals surface area contributed by atoms with E-state index in [-0.39, 0.29) is 46.7 Å². The minimum Gasteiger partial charge on any atom is -0.351 e. The Hall–Kier alpha value is -3.15. The summed E-state index contributed by atoms with van der Waals surface area (Å²) >= 11 is 0. The van der Waals surface area contributed by atoms with Gasteiger partial charge >= 0.3 is 12.5 Å². The zero-order valence-corrected chi connectivity index (χ0v) is 20.5. The van der Waals surface area contributed by atoms with Crippen molar-refractivity contribution in [3.05, 3.63) is 30.1 Å². The van der Waals surface area contributed by atoms with Gasteiger partial charge in [-0.05, 0) is 53.6 Å². The van der Waals surface area contributed by atoms with Crippen LogP contribution in [0.2, 0.25) is 0 Å². The molecule has 4 N–H and O–H groups in total. The standard InChI is InChI=1S/C24H31F3N6O3/c1-13(2)29-16-5-7-21(19(11-16)30-14(3)34)32-9-8-18(23(32)35)31-22-17-10-15(24(25,26)27)4-6-20(17)33(36)12-28-22/h4,6,10,12-13,16,18-19,21,29,36H,5,7-9,11H2,1-3H3,(H,30,34)/p+1/t16-,18+,19-,21+/m1/s1. The highest BCUT2D eigenvalue weighted by Crippen LogP contribution is 2.33. The number of likely N-dealkylation sites (tertiary alicyclic amines) is 1. The third-order valence-electron chi connectivity index (χ3n) is 6.84. The minimum absolute atomic E-state index is 0.0532. The molecule has 2 aliphatic rings. The lowest BCUT2D eigenvalue weighted by Crippen LogP contribution is -2.58. The fourth-order valence-electron chi connectivity index (χ4n) is 5.36. The second-order valence-corrected chi connectivity index (χ2v) is 9.89. The Balaban J connectivity index is 1.54. The molecule has 0 spiro atoms. The van der Waals surface area contributed by atoms with E-state index < -0.39 is 17.8 Å². The zero-order chi connectivity index (χ0) is 26.2. The number of hydrogen-bond acceptors (Lipinski definition) is 6. The molecule has 2 fully saturated rings.